The van der Waals surface area contributed by atoms with Crippen molar-refractivity contribution in [3.8, 4) is 0 Å². The van der Waals surface area contributed by atoms with Gasteiger partial charge in [0.05, 0.1) is 0 Å². The minimum atomic E-state index is -1.22. The Labute approximate surface area is 183 Å². The van der Waals surface area contributed by atoms with Crippen molar-refractivity contribution in [3.63, 3.8) is 0 Å². The molecule has 2 aromatic rings. The molecule has 2 saturated heterocycles. The van der Waals surface area contributed by atoms with Crippen molar-refractivity contribution in [2.24, 2.45) is 0 Å². The lowest BCUT2D eigenvalue weighted by Crippen LogP contribution is -2.50. The highest BCUT2D eigenvalue weighted by atomic mass is 16.2. The van der Waals surface area contributed by atoms with Gasteiger partial charge in [0.1, 0.15) is 6.54 Å². The zero-order chi connectivity index (χ0) is 21.8. The molecule has 162 valence electrons. The van der Waals surface area contributed by atoms with E-state index in [1.165, 1.54) is 0 Å². The predicted octanol–water partition coefficient (Wildman–Crippen LogP) is 3.47. The molecule has 31 heavy (non-hydrogen) atoms. The fourth-order valence-corrected chi connectivity index (χ4v) is 4.79. The first-order valence-electron chi connectivity index (χ1n) is 11.1. The average Bonchev–Trinajstić information content (AvgIpc) is 3.05. The molecule has 2 aromatic carbocycles. The van der Waals surface area contributed by atoms with Gasteiger partial charge in [0.2, 0.25) is 5.91 Å². The van der Waals surface area contributed by atoms with E-state index in [1.807, 2.05) is 65.6 Å². The molecule has 0 unspecified atom stereocenters. The van der Waals surface area contributed by atoms with E-state index in [4.69, 9.17) is 0 Å². The van der Waals surface area contributed by atoms with Crippen LogP contribution in [-0.2, 0) is 21.5 Å². The topological polar surface area (TPSA) is 69.7 Å². The Kier molecular flexibility index (Phi) is 6.07. The van der Waals surface area contributed by atoms with Crippen LogP contribution < -0.4 is 5.32 Å². The summed E-state index contributed by atoms with van der Waals surface area (Å²) in [6, 6.07) is 18.6. The van der Waals surface area contributed by atoms with Gasteiger partial charge in [0.25, 0.3) is 5.91 Å². The molecule has 0 aliphatic carbocycles. The number of urea groups is 1. The van der Waals surface area contributed by atoms with Gasteiger partial charge >= 0.3 is 6.03 Å². The summed E-state index contributed by atoms with van der Waals surface area (Å²) in [6.07, 6.45) is 4.26. The number of benzene rings is 2. The van der Waals surface area contributed by atoms with Gasteiger partial charge in [-0.25, -0.2) is 4.79 Å². The van der Waals surface area contributed by atoms with E-state index in [9.17, 15) is 14.4 Å². The Balaban J connectivity index is 1.62. The van der Waals surface area contributed by atoms with Crippen molar-refractivity contribution in [2.75, 3.05) is 13.1 Å². The number of carbonyl (C=O) groups is 3. The first kappa shape index (κ1) is 21.1. The van der Waals surface area contributed by atoms with Crippen LogP contribution in [0.25, 0.3) is 0 Å². The summed E-state index contributed by atoms with van der Waals surface area (Å²) in [5.74, 6) is -0.524. The zero-order valence-electron chi connectivity index (χ0n) is 17.9. The molecule has 2 aliphatic heterocycles. The lowest BCUT2D eigenvalue weighted by molar-refractivity contribution is -0.141. The van der Waals surface area contributed by atoms with Gasteiger partial charge in [-0.05, 0) is 36.8 Å². The molecule has 4 amide bonds. The molecule has 0 saturated carbocycles. The molecule has 1 N–H and O–H groups in total. The highest BCUT2D eigenvalue weighted by Crippen LogP contribution is 2.33. The van der Waals surface area contributed by atoms with Crippen molar-refractivity contribution in [1.82, 2.24) is 15.1 Å². The first-order valence-corrected chi connectivity index (χ1v) is 11.1. The summed E-state index contributed by atoms with van der Waals surface area (Å²) < 4.78 is 0. The van der Waals surface area contributed by atoms with Crippen LogP contribution in [0.5, 0.6) is 0 Å². The molecular weight excluding hydrogens is 390 g/mol. The van der Waals surface area contributed by atoms with Crippen LogP contribution in [0.4, 0.5) is 4.79 Å². The van der Waals surface area contributed by atoms with Crippen LogP contribution in [0, 0.1) is 0 Å². The van der Waals surface area contributed by atoms with Crippen LogP contribution in [0.2, 0.25) is 0 Å². The standard InChI is InChI=1S/C25H29N3O3/c1-2-21-15-9-10-16-27(21)22(29)18-28-23(30)25(26-24(28)31,20-13-7-4-8-14-20)17-19-11-5-3-6-12-19/h3-8,11-14,21H,2,9-10,15-18H2,1H3,(H,26,31)/t21-,25-/m1/s1. The second-order valence-electron chi connectivity index (χ2n) is 8.40. The number of likely N-dealkylation sites (tertiary alicyclic amines) is 1. The SMILES string of the molecule is CC[C@@H]1CCCCN1C(=O)CN1C(=O)N[C@](Cc2ccccc2)(c2ccccc2)C1=O. The number of hydrogen-bond acceptors (Lipinski definition) is 3. The quantitative estimate of drug-likeness (QED) is 0.729. The number of nitrogens with zero attached hydrogens (tertiary/aromatic N) is 2. The van der Waals surface area contributed by atoms with Crippen molar-refractivity contribution in [2.45, 2.75) is 50.6 Å². The number of imide groups is 1. The fourth-order valence-electron chi connectivity index (χ4n) is 4.79. The minimum absolute atomic E-state index is 0.154. The van der Waals surface area contributed by atoms with E-state index in [-0.39, 0.29) is 24.4 Å². The fraction of sp³-hybridized carbons (Fsp3) is 0.400. The van der Waals surface area contributed by atoms with Gasteiger partial charge in [-0.3, -0.25) is 14.5 Å². The molecule has 0 spiro atoms. The second kappa shape index (κ2) is 8.92. The number of carbonyl (C=O) groups excluding carboxylic acids is 3. The third-order valence-corrected chi connectivity index (χ3v) is 6.47. The molecule has 0 radical (unpaired) electrons. The normalized spacial score (nSPS) is 23.7. The number of amides is 4. The lowest BCUT2D eigenvalue weighted by Gasteiger charge is -2.36. The molecule has 6 heteroatoms. The molecule has 2 heterocycles. The highest BCUT2D eigenvalue weighted by molar-refractivity contribution is 6.09. The van der Waals surface area contributed by atoms with Crippen LogP contribution >= 0.6 is 0 Å². The van der Waals surface area contributed by atoms with Gasteiger partial charge in [0.15, 0.2) is 5.54 Å². The van der Waals surface area contributed by atoms with E-state index in [0.29, 0.717) is 13.0 Å². The Bertz CT molecular complexity index is 947. The molecule has 4 rings (SSSR count). The Morgan fingerprint density at radius 2 is 1.71 bits per heavy atom. The summed E-state index contributed by atoms with van der Waals surface area (Å²) in [4.78, 5) is 42.7. The van der Waals surface area contributed by atoms with Gasteiger partial charge in [-0.1, -0.05) is 67.6 Å². The third-order valence-electron chi connectivity index (χ3n) is 6.47. The van der Waals surface area contributed by atoms with E-state index >= 15 is 0 Å². The monoisotopic (exact) mass is 419 g/mol. The van der Waals surface area contributed by atoms with E-state index in [2.05, 4.69) is 12.2 Å². The van der Waals surface area contributed by atoms with E-state index in [1.54, 1.807) is 0 Å². The molecule has 0 aromatic heterocycles. The minimum Gasteiger partial charge on any atom is -0.338 e. The smallest absolute Gasteiger partial charge is 0.325 e. The highest BCUT2D eigenvalue weighted by Gasteiger charge is 2.53. The first-order chi connectivity index (χ1) is 15.0. The summed E-state index contributed by atoms with van der Waals surface area (Å²) in [6.45, 7) is 2.55. The van der Waals surface area contributed by atoms with Crippen molar-refractivity contribution in [3.05, 3.63) is 71.8 Å². The van der Waals surface area contributed by atoms with Crippen LogP contribution in [0.3, 0.4) is 0 Å². The summed E-state index contributed by atoms with van der Waals surface area (Å²) in [5, 5.41) is 2.93. The van der Waals surface area contributed by atoms with E-state index < -0.39 is 11.6 Å². The second-order valence-corrected chi connectivity index (χ2v) is 8.40. The maximum atomic E-state index is 13.7. The Morgan fingerprint density at radius 1 is 1.03 bits per heavy atom. The van der Waals surface area contributed by atoms with Crippen LogP contribution in [0.15, 0.2) is 60.7 Å². The summed E-state index contributed by atoms with van der Waals surface area (Å²) >= 11 is 0. The number of nitrogens with one attached hydrogen (secondary N) is 1. The maximum absolute atomic E-state index is 13.7. The van der Waals surface area contributed by atoms with Crippen molar-refractivity contribution < 1.29 is 14.4 Å². The Hall–Kier alpha value is -3.15. The van der Waals surface area contributed by atoms with Gasteiger partial charge in [-0.2, -0.15) is 0 Å². The average molecular weight is 420 g/mol. The van der Waals surface area contributed by atoms with Crippen molar-refractivity contribution in [1.29, 1.82) is 0 Å². The maximum Gasteiger partial charge on any atom is 0.325 e. The number of hydrogen-bond donors (Lipinski definition) is 1. The van der Waals surface area contributed by atoms with Gasteiger partial charge in [0, 0.05) is 19.0 Å². The van der Waals surface area contributed by atoms with Gasteiger partial charge < -0.3 is 10.2 Å². The number of rotatable bonds is 6. The molecule has 2 atom stereocenters. The molecule has 2 aliphatic rings. The molecule has 0 bridgehead atoms. The van der Waals surface area contributed by atoms with Crippen LogP contribution in [0.1, 0.15) is 43.7 Å². The molecular formula is C25H29N3O3. The molecule has 2 fully saturated rings. The summed E-state index contributed by atoms with van der Waals surface area (Å²) in [7, 11) is 0. The predicted molar refractivity (Wildman–Crippen MR) is 118 cm³/mol. The molecule has 6 nitrogen and oxygen atoms in total. The van der Waals surface area contributed by atoms with Crippen molar-refractivity contribution >= 4 is 17.8 Å². The largest absolute Gasteiger partial charge is 0.338 e. The van der Waals surface area contributed by atoms with Gasteiger partial charge in [-0.15, -0.1) is 0 Å². The zero-order valence-corrected chi connectivity index (χ0v) is 17.9. The third kappa shape index (κ3) is 4.07. The lowest BCUT2D eigenvalue weighted by atomic mass is 9.83. The van der Waals surface area contributed by atoms with Crippen LogP contribution in [-0.4, -0.2) is 46.8 Å². The summed E-state index contributed by atoms with van der Waals surface area (Å²) in [5.41, 5.74) is 0.443. The Morgan fingerprint density at radius 3 is 2.39 bits per heavy atom. The number of piperidine rings is 1. The van der Waals surface area contributed by atoms with E-state index in [0.717, 1.165) is 41.7 Å².